The molecular weight excluding hydrogens is 441 g/mol. The van der Waals surface area contributed by atoms with Gasteiger partial charge in [-0.2, -0.15) is 0 Å². The number of imidazole rings is 1. The Balaban J connectivity index is 0.00000171. The number of amides is 2. The zero-order valence-electron chi connectivity index (χ0n) is 18.2. The van der Waals surface area contributed by atoms with Gasteiger partial charge >= 0.3 is 0 Å². The fourth-order valence-electron chi connectivity index (χ4n) is 5.55. The number of H-pyrrole nitrogens is 1. The van der Waals surface area contributed by atoms with Crippen molar-refractivity contribution in [1.29, 1.82) is 0 Å². The first-order valence-corrected chi connectivity index (χ1v) is 10.9. The molecule has 1 spiro atoms. The van der Waals surface area contributed by atoms with Crippen LogP contribution in [0.25, 0.3) is 0 Å². The molecule has 1 saturated heterocycles. The monoisotopic (exact) mass is 475 g/mol. The van der Waals surface area contributed by atoms with Crippen molar-refractivity contribution in [3.05, 3.63) is 17.7 Å². The molecule has 2 aliphatic heterocycles. The summed E-state index contributed by atoms with van der Waals surface area (Å²) in [5.41, 5.74) is 7.97. The highest BCUT2D eigenvalue weighted by molar-refractivity contribution is 5.85. The van der Waals surface area contributed by atoms with E-state index in [9.17, 15) is 9.59 Å². The molecule has 3 heterocycles. The SMILES string of the molecule is COCC(=O)N1CCc2[nH]cnc2C12CCN(C(=O)[C@@H](N)C1CCCCC1)CC2.Cl.Cl. The van der Waals surface area contributed by atoms with Gasteiger partial charge in [-0.1, -0.05) is 19.3 Å². The normalized spacial score (nSPS) is 21.6. The third-order valence-corrected chi connectivity index (χ3v) is 7.18. The predicted octanol–water partition coefficient (Wildman–Crippen LogP) is 2.01. The number of fused-ring (bicyclic) bond motifs is 2. The van der Waals surface area contributed by atoms with E-state index in [2.05, 4.69) is 9.97 Å². The Labute approximate surface area is 196 Å². The molecule has 0 bridgehead atoms. The maximum absolute atomic E-state index is 13.1. The minimum Gasteiger partial charge on any atom is -0.375 e. The Bertz CT molecular complexity index is 745. The third-order valence-electron chi connectivity index (χ3n) is 7.18. The summed E-state index contributed by atoms with van der Waals surface area (Å²) in [6.07, 6.45) is 9.56. The largest absolute Gasteiger partial charge is 0.375 e. The zero-order chi connectivity index (χ0) is 20.4. The molecule has 1 aromatic heterocycles. The minimum absolute atomic E-state index is 0. The van der Waals surface area contributed by atoms with E-state index in [1.165, 1.54) is 19.3 Å². The second-order valence-corrected chi connectivity index (χ2v) is 8.74. The number of hydrogen-bond donors (Lipinski definition) is 2. The molecule has 1 saturated carbocycles. The molecule has 1 atom stereocenters. The van der Waals surface area contributed by atoms with Gasteiger partial charge in [0.25, 0.3) is 0 Å². The number of hydrogen-bond acceptors (Lipinski definition) is 5. The van der Waals surface area contributed by atoms with Gasteiger partial charge in [0.15, 0.2) is 0 Å². The summed E-state index contributed by atoms with van der Waals surface area (Å²) in [4.78, 5) is 37.5. The lowest BCUT2D eigenvalue weighted by Crippen LogP contribution is -2.61. The number of piperidine rings is 1. The first kappa shape index (κ1) is 25.9. The quantitative estimate of drug-likeness (QED) is 0.692. The van der Waals surface area contributed by atoms with Crippen LogP contribution >= 0.6 is 24.8 Å². The van der Waals surface area contributed by atoms with E-state index in [0.717, 1.165) is 30.7 Å². The molecule has 176 valence electrons. The lowest BCUT2D eigenvalue weighted by atomic mass is 9.78. The van der Waals surface area contributed by atoms with Crippen LogP contribution in [0.1, 0.15) is 56.3 Å². The number of ether oxygens (including phenoxy) is 1. The Kier molecular flexibility index (Phi) is 9.18. The van der Waals surface area contributed by atoms with Gasteiger partial charge in [-0.15, -0.1) is 24.8 Å². The second kappa shape index (κ2) is 11.0. The molecular formula is C21H35Cl2N5O3. The molecule has 3 aliphatic rings. The zero-order valence-corrected chi connectivity index (χ0v) is 19.8. The molecule has 2 amide bonds. The topological polar surface area (TPSA) is 105 Å². The van der Waals surface area contributed by atoms with Crippen molar-refractivity contribution in [2.24, 2.45) is 11.7 Å². The van der Waals surface area contributed by atoms with Gasteiger partial charge in [0.05, 0.1) is 23.6 Å². The fourth-order valence-corrected chi connectivity index (χ4v) is 5.55. The van der Waals surface area contributed by atoms with Gasteiger partial charge in [0, 0.05) is 38.9 Å². The van der Waals surface area contributed by atoms with Crippen LogP contribution in [0.5, 0.6) is 0 Å². The number of aromatic nitrogens is 2. The number of rotatable bonds is 4. The Hall–Kier alpha value is -1.35. The highest BCUT2D eigenvalue weighted by Crippen LogP contribution is 2.42. The van der Waals surface area contributed by atoms with Gasteiger partial charge in [-0.3, -0.25) is 9.59 Å². The number of carbonyl (C=O) groups excluding carboxylic acids is 2. The minimum atomic E-state index is -0.463. The molecule has 0 radical (unpaired) electrons. The summed E-state index contributed by atoms with van der Waals surface area (Å²) in [6, 6.07) is -0.400. The lowest BCUT2D eigenvalue weighted by molar-refractivity contribution is -0.148. The highest BCUT2D eigenvalue weighted by atomic mass is 35.5. The van der Waals surface area contributed by atoms with Gasteiger partial charge in [-0.05, 0) is 31.6 Å². The van der Waals surface area contributed by atoms with Crippen LogP contribution in [-0.2, 0) is 26.3 Å². The van der Waals surface area contributed by atoms with E-state index >= 15 is 0 Å². The van der Waals surface area contributed by atoms with Crippen molar-refractivity contribution < 1.29 is 14.3 Å². The molecule has 8 nitrogen and oxygen atoms in total. The van der Waals surface area contributed by atoms with E-state index in [0.29, 0.717) is 38.4 Å². The standard InChI is InChI=1S/C21H33N5O3.2ClH/c1-29-13-17(27)26-10-7-16-19(24-14-23-16)21(26)8-11-25(12-9-21)20(28)18(22)15-5-3-2-4-6-15;;/h14-15,18H,2-13,22H2,1H3,(H,23,24);2*1H/t18-;;/m0../s1. The maximum Gasteiger partial charge on any atom is 0.249 e. The van der Waals surface area contributed by atoms with E-state index in [-0.39, 0.29) is 43.2 Å². The smallest absolute Gasteiger partial charge is 0.249 e. The van der Waals surface area contributed by atoms with E-state index in [1.54, 1.807) is 13.4 Å². The summed E-state index contributed by atoms with van der Waals surface area (Å²) in [5.74, 6) is 0.360. The fraction of sp³-hybridized carbons (Fsp3) is 0.762. The highest BCUT2D eigenvalue weighted by Gasteiger charge is 2.49. The molecule has 10 heteroatoms. The summed E-state index contributed by atoms with van der Waals surface area (Å²) >= 11 is 0. The van der Waals surface area contributed by atoms with Crippen molar-refractivity contribution in [2.75, 3.05) is 33.4 Å². The van der Waals surface area contributed by atoms with E-state index in [1.807, 2.05) is 9.80 Å². The van der Waals surface area contributed by atoms with Gasteiger partial charge in [0.2, 0.25) is 11.8 Å². The molecule has 0 aromatic carbocycles. The molecule has 1 aliphatic carbocycles. The predicted molar refractivity (Wildman–Crippen MR) is 122 cm³/mol. The first-order chi connectivity index (χ1) is 14.1. The number of halogens is 2. The maximum atomic E-state index is 13.1. The summed E-state index contributed by atoms with van der Waals surface area (Å²) in [5, 5.41) is 0. The average molecular weight is 476 g/mol. The van der Waals surface area contributed by atoms with Gasteiger partial charge in [-0.25, -0.2) is 4.98 Å². The van der Waals surface area contributed by atoms with Crippen molar-refractivity contribution in [3.8, 4) is 0 Å². The summed E-state index contributed by atoms with van der Waals surface area (Å²) in [7, 11) is 1.54. The molecule has 0 unspecified atom stereocenters. The number of carbonyl (C=O) groups is 2. The summed E-state index contributed by atoms with van der Waals surface area (Å²) in [6.45, 7) is 1.91. The van der Waals surface area contributed by atoms with Crippen molar-refractivity contribution in [1.82, 2.24) is 19.8 Å². The summed E-state index contributed by atoms with van der Waals surface area (Å²) < 4.78 is 5.12. The van der Waals surface area contributed by atoms with Crippen LogP contribution in [-0.4, -0.2) is 71.0 Å². The van der Waals surface area contributed by atoms with Crippen LogP contribution in [0, 0.1) is 5.92 Å². The molecule has 1 aromatic rings. The van der Waals surface area contributed by atoms with Crippen LogP contribution < -0.4 is 5.73 Å². The molecule has 3 N–H and O–H groups in total. The Morgan fingerprint density at radius 2 is 1.90 bits per heavy atom. The van der Waals surface area contributed by atoms with Gasteiger partial charge < -0.3 is 25.3 Å². The van der Waals surface area contributed by atoms with Gasteiger partial charge in [0.1, 0.15) is 6.61 Å². The van der Waals surface area contributed by atoms with Crippen LogP contribution in [0.2, 0.25) is 0 Å². The van der Waals surface area contributed by atoms with Crippen LogP contribution in [0.3, 0.4) is 0 Å². The van der Waals surface area contributed by atoms with Crippen molar-refractivity contribution >= 4 is 36.6 Å². The second-order valence-electron chi connectivity index (χ2n) is 8.74. The molecule has 2 fully saturated rings. The third kappa shape index (κ3) is 4.87. The van der Waals surface area contributed by atoms with E-state index in [4.69, 9.17) is 10.5 Å². The van der Waals surface area contributed by atoms with E-state index < -0.39 is 11.6 Å². The van der Waals surface area contributed by atoms with Crippen molar-refractivity contribution in [2.45, 2.75) is 62.9 Å². The number of nitrogens with two attached hydrogens (primary N) is 1. The lowest BCUT2D eigenvalue weighted by Gasteiger charge is -2.50. The number of methoxy groups -OCH3 is 1. The molecule has 31 heavy (non-hydrogen) atoms. The molecule has 4 rings (SSSR count). The average Bonchev–Trinajstić information content (AvgIpc) is 3.24. The van der Waals surface area contributed by atoms with Crippen LogP contribution in [0.4, 0.5) is 0 Å². The first-order valence-electron chi connectivity index (χ1n) is 10.9. The van der Waals surface area contributed by atoms with Crippen LogP contribution in [0.15, 0.2) is 6.33 Å². The Morgan fingerprint density at radius 3 is 2.55 bits per heavy atom. The Morgan fingerprint density at radius 1 is 1.23 bits per heavy atom. The van der Waals surface area contributed by atoms with Crippen molar-refractivity contribution in [3.63, 3.8) is 0 Å². The number of nitrogens with zero attached hydrogens (tertiary/aromatic N) is 3. The number of nitrogens with one attached hydrogen (secondary N) is 1. The number of aromatic amines is 1. The number of likely N-dealkylation sites (tertiary alicyclic amines) is 1.